The molecule has 1 saturated carbocycles. The SMILES string of the molecule is CC(NC(=O)c1ccccc1NC(=O)c1cccc2occc12)C1CC1. The van der Waals surface area contributed by atoms with Crippen LogP contribution in [0.1, 0.15) is 40.5 Å². The average Bonchev–Trinajstić information content (AvgIpc) is 3.39. The standard InChI is InChI=1S/C21H20N2O3/c1-13(14-9-10-14)22-21(25)17-5-2-3-7-18(17)23-20(24)16-6-4-8-19-15(16)11-12-26-19/h2-8,11-14H,9-10H2,1H3,(H,22,25)(H,23,24). The smallest absolute Gasteiger partial charge is 0.256 e. The summed E-state index contributed by atoms with van der Waals surface area (Å²) in [7, 11) is 0. The number of hydrogen-bond acceptors (Lipinski definition) is 3. The maximum absolute atomic E-state index is 12.8. The third-order valence-electron chi connectivity index (χ3n) is 4.85. The summed E-state index contributed by atoms with van der Waals surface area (Å²) in [5.74, 6) is 0.133. The van der Waals surface area contributed by atoms with Gasteiger partial charge < -0.3 is 15.1 Å². The first-order valence-corrected chi connectivity index (χ1v) is 8.81. The molecule has 0 saturated heterocycles. The molecule has 2 aromatic carbocycles. The molecule has 2 N–H and O–H groups in total. The molecule has 1 aliphatic rings. The second-order valence-corrected chi connectivity index (χ2v) is 6.74. The average molecular weight is 348 g/mol. The minimum absolute atomic E-state index is 0.144. The summed E-state index contributed by atoms with van der Waals surface area (Å²) < 4.78 is 5.35. The zero-order valence-electron chi connectivity index (χ0n) is 14.5. The molecule has 0 spiro atoms. The molecule has 132 valence electrons. The highest BCUT2D eigenvalue weighted by Gasteiger charge is 2.29. The second-order valence-electron chi connectivity index (χ2n) is 6.74. The molecule has 1 unspecified atom stereocenters. The third-order valence-corrected chi connectivity index (χ3v) is 4.85. The highest BCUT2D eigenvalue weighted by atomic mass is 16.3. The van der Waals surface area contributed by atoms with Crippen molar-refractivity contribution in [3.05, 3.63) is 65.9 Å². The summed E-state index contributed by atoms with van der Waals surface area (Å²) in [6.45, 7) is 2.02. The van der Waals surface area contributed by atoms with Gasteiger partial charge >= 0.3 is 0 Å². The summed E-state index contributed by atoms with van der Waals surface area (Å²) in [6, 6.07) is 14.3. The monoisotopic (exact) mass is 348 g/mol. The number of amides is 2. The summed E-state index contributed by atoms with van der Waals surface area (Å²) in [5.41, 5.74) is 2.13. The Morgan fingerprint density at radius 2 is 1.77 bits per heavy atom. The number of anilines is 1. The van der Waals surface area contributed by atoms with Crippen LogP contribution in [0.3, 0.4) is 0 Å². The molecule has 0 aliphatic heterocycles. The summed E-state index contributed by atoms with van der Waals surface area (Å²) in [5, 5.41) is 6.64. The van der Waals surface area contributed by atoms with E-state index in [1.807, 2.05) is 13.0 Å². The van der Waals surface area contributed by atoms with Gasteiger partial charge in [0.05, 0.1) is 23.1 Å². The molecule has 26 heavy (non-hydrogen) atoms. The van der Waals surface area contributed by atoms with Crippen LogP contribution in [0, 0.1) is 5.92 Å². The molecular formula is C21H20N2O3. The number of hydrogen-bond donors (Lipinski definition) is 2. The summed E-state index contributed by atoms with van der Waals surface area (Å²) >= 11 is 0. The fourth-order valence-corrected chi connectivity index (χ4v) is 3.17. The van der Waals surface area contributed by atoms with Crippen molar-refractivity contribution in [2.24, 2.45) is 5.92 Å². The molecule has 0 bridgehead atoms. The number of para-hydroxylation sites is 1. The Labute approximate surface area is 151 Å². The zero-order chi connectivity index (χ0) is 18.1. The van der Waals surface area contributed by atoms with Gasteiger partial charge in [0.25, 0.3) is 11.8 Å². The summed E-state index contributed by atoms with van der Waals surface area (Å²) in [6.07, 6.45) is 3.88. The van der Waals surface area contributed by atoms with Gasteiger partial charge in [0, 0.05) is 11.4 Å². The van der Waals surface area contributed by atoms with Crippen LogP contribution in [-0.2, 0) is 0 Å². The van der Waals surface area contributed by atoms with Crippen molar-refractivity contribution in [1.29, 1.82) is 0 Å². The van der Waals surface area contributed by atoms with Crippen LogP contribution in [0.15, 0.2) is 59.2 Å². The number of carbonyl (C=O) groups excluding carboxylic acids is 2. The van der Waals surface area contributed by atoms with E-state index in [2.05, 4.69) is 10.6 Å². The molecule has 1 fully saturated rings. The van der Waals surface area contributed by atoms with Gasteiger partial charge in [-0.15, -0.1) is 0 Å². The van der Waals surface area contributed by atoms with E-state index in [4.69, 9.17) is 4.42 Å². The van der Waals surface area contributed by atoms with E-state index in [-0.39, 0.29) is 17.9 Å². The predicted octanol–water partition coefficient (Wildman–Crippen LogP) is 4.21. The zero-order valence-corrected chi connectivity index (χ0v) is 14.5. The molecule has 1 aliphatic carbocycles. The van der Waals surface area contributed by atoms with Crippen molar-refractivity contribution < 1.29 is 14.0 Å². The molecule has 1 aromatic heterocycles. The van der Waals surface area contributed by atoms with Crippen molar-refractivity contribution in [1.82, 2.24) is 5.32 Å². The maximum Gasteiger partial charge on any atom is 0.256 e. The van der Waals surface area contributed by atoms with Gasteiger partial charge in [-0.3, -0.25) is 9.59 Å². The number of carbonyl (C=O) groups is 2. The van der Waals surface area contributed by atoms with Crippen molar-refractivity contribution in [3.8, 4) is 0 Å². The van der Waals surface area contributed by atoms with E-state index >= 15 is 0 Å². The Hall–Kier alpha value is -3.08. The first-order valence-electron chi connectivity index (χ1n) is 8.81. The lowest BCUT2D eigenvalue weighted by Gasteiger charge is -2.15. The first-order chi connectivity index (χ1) is 12.6. The Kier molecular flexibility index (Phi) is 4.21. The Morgan fingerprint density at radius 1 is 1.00 bits per heavy atom. The molecule has 1 heterocycles. The van der Waals surface area contributed by atoms with E-state index in [0.29, 0.717) is 28.3 Å². The van der Waals surface area contributed by atoms with Gasteiger partial charge in [0.15, 0.2) is 0 Å². The van der Waals surface area contributed by atoms with Gasteiger partial charge in [0.2, 0.25) is 0 Å². The minimum atomic E-state index is -0.271. The van der Waals surface area contributed by atoms with Gasteiger partial charge in [-0.2, -0.15) is 0 Å². The number of benzene rings is 2. The molecule has 0 radical (unpaired) electrons. The molecule has 5 heteroatoms. The largest absolute Gasteiger partial charge is 0.464 e. The first kappa shape index (κ1) is 16.4. The maximum atomic E-state index is 12.8. The van der Waals surface area contributed by atoms with Crippen molar-refractivity contribution >= 4 is 28.5 Å². The minimum Gasteiger partial charge on any atom is -0.464 e. The highest BCUT2D eigenvalue weighted by Crippen LogP contribution is 2.32. The number of rotatable bonds is 5. The molecule has 4 rings (SSSR count). The van der Waals surface area contributed by atoms with Crippen molar-refractivity contribution in [2.45, 2.75) is 25.8 Å². The Morgan fingerprint density at radius 3 is 2.58 bits per heavy atom. The quantitative estimate of drug-likeness (QED) is 0.725. The number of furan rings is 1. The lowest BCUT2D eigenvalue weighted by molar-refractivity contribution is 0.0936. The van der Waals surface area contributed by atoms with E-state index in [0.717, 1.165) is 18.2 Å². The molecule has 2 amide bonds. The van der Waals surface area contributed by atoms with Crippen molar-refractivity contribution in [2.75, 3.05) is 5.32 Å². The normalized spacial score (nSPS) is 14.8. The third kappa shape index (κ3) is 3.20. The lowest BCUT2D eigenvalue weighted by Crippen LogP contribution is -2.34. The van der Waals surface area contributed by atoms with E-state index in [1.54, 1.807) is 48.7 Å². The Balaban J connectivity index is 1.57. The number of nitrogens with one attached hydrogen (secondary N) is 2. The van der Waals surface area contributed by atoms with Crippen LogP contribution in [-0.4, -0.2) is 17.9 Å². The van der Waals surface area contributed by atoms with E-state index < -0.39 is 0 Å². The van der Waals surface area contributed by atoms with Crippen LogP contribution in [0.5, 0.6) is 0 Å². The van der Waals surface area contributed by atoms with Gasteiger partial charge in [-0.05, 0) is 56.0 Å². The van der Waals surface area contributed by atoms with E-state index in [1.165, 1.54) is 0 Å². The van der Waals surface area contributed by atoms with Crippen LogP contribution >= 0.6 is 0 Å². The number of fused-ring (bicyclic) bond motifs is 1. The Bertz CT molecular complexity index is 972. The second kappa shape index (κ2) is 6.67. The van der Waals surface area contributed by atoms with Crippen LogP contribution in [0.2, 0.25) is 0 Å². The van der Waals surface area contributed by atoms with Crippen LogP contribution in [0.25, 0.3) is 11.0 Å². The molecule has 3 aromatic rings. The predicted molar refractivity (Wildman–Crippen MR) is 100 cm³/mol. The molecule has 1 atom stereocenters. The fraction of sp³-hybridized carbons (Fsp3) is 0.238. The summed E-state index contributed by atoms with van der Waals surface area (Å²) in [4.78, 5) is 25.4. The highest BCUT2D eigenvalue weighted by molar-refractivity contribution is 6.14. The van der Waals surface area contributed by atoms with Crippen LogP contribution < -0.4 is 10.6 Å². The van der Waals surface area contributed by atoms with Gasteiger partial charge in [0.1, 0.15) is 5.58 Å². The van der Waals surface area contributed by atoms with Gasteiger partial charge in [-0.1, -0.05) is 18.2 Å². The topological polar surface area (TPSA) is 71.3 Å². The fourth-order valence-electron chi connectivity index (χ4n) is 3.17. The van der Waals surface area contributed by atoms with Gasteiger partial charge in [-0.25, -0.2) is 0 Å². The molecular weight excluding hydrogens is 328 g/mol. The van der Waals surface area contributed by atoms with Crippen molar-refractivity contribution in [3.63, 3.8) is 0 Å². The van der Waals surface area contributed by atoms with E-state index in [9.17, 15) is 9.59 Å². The molecule has 5 nitrogen and oxygen atoms in total. The van der Waals surface area contributed by atoms with Crippen LogP contribution in [0.4, 0.5) is 5.69 Å². The lowest BCUT2D eigenvalue weighted by atomic mass is 10.1.